The molecule has 0 radical (unpaired) electrons. The van der Waals surface area contributed by atoms with Gasteiger partial charge < -0.3 is 10.4 Å². The van der Waals surface area contributed by atoms with Gasteiger partial charge in [-0.25, -0.2) is 9.97 Å². The first-order valence-corrected chi connectivity index (χ1v) is 8.09. The standard InChI is InChI=1S/C11H17N3O2S2/c1-17-4-3-9(10(15)16)12-5-8-6-13-11(18-2)14-7-8/h6-7,9,12H,3-5H2,1-2H3,(H,15,16)/t9-/m1/s1. The third kappa shape index (κ3) is 5.24. The molecular weight excluding hydrogens is 270 g/mol. The Labute approximate surface area is 115 Å². The molecule has 0 aromatic carbocycles. The van der Waals surface area contributed by atoms with Crippen molar-refractivity contribution in [2.75, 3.05) is 18.3 Å². The van der Waals surface area contributed by atoms with Crippen LogP contribution in [0.1, 0.15) is 12.0 Å². The molecule has 5 nitrogen and oxygen atoms in total. The van der Waals surface area contributed by atoms with Gasteiger partial charge in [-0.1, -0.05) is 11.8 Å². The number of carboxylic acid groups (broad SMARTS) is 1. The molecule has 0 fully saturated rings. The number of hydrogen-bond donors (Lipinski definition) is 2. The Morgan fingerprint density at radius 1 is 1.44 bits per heavy atom. The molecule has 2 N–H and O–H groups in total. The average molecular weight is 287 g/mol. The molecule has 1 heterocycles. The van der Waals surface area contributed by atoms with E-state index in [1.807, 2.05) is 12.5 Å². The van der Waals surface area contributed by atoms with Crippen LogP contribution in [-0.2, 0) is 11.3 Å². The second kappa shape index (κ2) is 8.34. The van der Waals surface area contributed by atoms with E-state index in [4.69, 9.17) is 5.11 Å². The summed E-state index contributed by atoms with van der Waals surface area (Å²) in [5, 5.41) is 12.8. The molecule has 18 heavy (non-hydrogen) atoms. The SMILES string of the molecule is CSCC[C@@H](NCc1cnc(SC)nc1)C(=O)O. The van der Waals surface area contributed by atoms with Crippen LogP contribution in [0, 0.1) is 0 Å². The van der Waals surface area contributed by atoms with Gasteiger partial charge >= 0.3 is 5.97 Å². The van der Waals surface area contributed by atoms with E-state index in [2.05, 4.69) is 15.3 Å². The predicted molar refractivity (Wildman–Crippen MR) is 75.1 cm³/mol. The summed E-state index contributed by atoms with van der Waals surface area (Å²) < 4.78 is 0. The molecule has 7 heteroatoms. The monoisotopic (exact) mass is 287 g/mol. The van der Waals surface area contributed by atoms with Crippen LogP contribution >= 0.6 is 23.5 Å². The Hall–Kier alpha value is -0.790. The van der Waals surface area contributed by atoms with Crippen molar-refractivity contribution in [1.82, 2.24) is 15.3 Å². The van der Waals surface area contributed by atoms with Crippen molar-refractivity contribution in [1.29, 1.82) is 0 Å². The molecule has 0 saturated carbocycles. The lowest BCUT2D eigenvalue weighted by molar-refractivity contribution is -0.139. The van der Waals surface area contributed by atoms with Gasteiger partial charge in [0, 0.05) is 24.5 Å². The van der Waals surface area contributed by atoms with Crippen LogP contribution in [-0.4, -0.2) is 45.4 Å². The van der Waals surface area contributed by atoms with Crippen molar-refractivity contribution < 1.29 is 9.90 Å². The summed E-state index contributed by atoms with van der Waals surface area (Å²) in [7, 11) is 0. The lowest BCUT2D eigenvalue weighted by Crippen LogP contribution is -2.36. The molecular formula is C11H17N3O2S2. The van der Waals surface area contributed by atoms with Gasteiger partial charge in [-0.2, -0.15) is 11.8 Å². The highest BCUT2D eigenvalue weighted by atomic mass is 32.2. The number of rotatable bonds is 8. The number of nitrogens with zero attached hydrogens (tertiary/aromatic N) is 2. The van der Waals surface area contributed by atoms with Gasteiger partial charge in [0.15, 0.2) is 5.16 Å². The van der Waals surface area contributed by atoms with Crippen LogP contribution in [0.4, 0.5) is 0 Å². The lowest BCUT2D eigenvalue weighted by Gasteiger charge is -2.13. The van der Waals surface area contributed by atoms with Gasteiger partial charge in [-0.3, -0.25) is 4.79 Å². The third-order valence-corrected chi connectivity index (χ3v) is 3.55. The zero-order valence-electron chi connectivity index (χ0n) is 10.4. The van der Waals surface area contributed by atoms with E-state index >= 15 is 0 Å². The third-order valence-electron chi connectivity index (χ3n) is 2.33. The van der Waals surface area contributed by atoms with Crippen molar-refractivity contribution in [3.8, 4) is 0 Å². The minimum atomic E-state index is -0.814. The van der Waals surface area contributed by atoms with E-state index in [9.17, 15) is 4.79 Å². The molecule has 1 rings (SSSR count). The Morgan fingerprint density at radius 3 is 2.61 bits per heavy atom. The summed E-state index contributed by atoms with van der Waals surface area (Å²) >= 11 is 3.12. The zero-order valence-corrected chi connectivity index (χ0v) is 12.1. The lowest BCUT2D eigenvalue weighted by atomic mass is 10.2. The van der Waals surface area contributed by atoms with Crippen LogP contribution in [0.25, 0.3) is 0 Å². The van der Waals surface area contributed by atoms with Gasteiger partial charge in [0.1, 0.15) is 6.04 Å². The molecule has 0 bridgehead atoms. The number of carboxylic acids is 1. The van der Waals surface area contributed by atoms with E-state index in [1.54, 1.807) is 24.2 Å². The molecule has 1 aromatic rings. The van der Waals surface area contributed by atoms with Crippen LogP contribution in [0.15, 0.2) is 17.6 Å². The Balaban J connectivity index is 2.47. The fraction of sp³-hybridized carbons (Fsp3) is 0.545. The Kier molecular flexibility index (Phi) is 7.07. The summed E-state index contributed by atoms with van der Waals surface area (Å²) in [5.41, 5.74) is 0.892. The molecule has 0 aliphatic carbocycles. The van der Waals surface area contributed by atoms with Crippen LogP contribution in [0.3, 0.4) is 0 Å². The van der Waals surface area contributed by atoms with Crippen molar-refractivity contribution in [2.45, 2.75) is 24.2 Å². The molecule has 0 aliphatic rings. The van der Waals surface area contributed by atoms with E-state index in [0.29, 0.717) is 13.0 Å². The highest BCUT2D eigenvalue weighted by Crippen LogP contribution is 2.07. The number of hydrogen-bond acceptors (Lipinski definition) is 6. The number of carbonyl (C=O) groups is 1. The van der Waals surface area contributed by atoms with E-state index in [1.165, 1.54) is 11.8 Å². The van der Waals surface area contributed by atoms with Crippen molar-refractivity contribution >= 4 is 29.5 Å². The summed E-state index contributed by atoms with van der Waals surface area (Å²) in [6.45, 7) is 0.472. The first-order chi connectivity index (χ1) is 8.67. The summed E-state index contributed by atoms with van der Waals surface area (Å²) in [4.78, 5) is 19.3. The molecule has 0 spiro atoms. The molecule has 100 valence electrons. The van der Waals surface area contributed by atoms with Gasteiger partial charge in [0.2, 0.25) is 0 Å². The predicted octanol–water partition coefficient (Wildman–Crippen LogP) is 1.49. The average Bonchev–Trinajstić information content (AvgIpc) is 2.39. The molecule has 0 aliphatic heterocycles. The van der Waals surface area contributed by atoms with Gasteiger partial charge in [0.05, 0.1) is 0 Å². The van der Waals surface area contributed by atoms with Gasteiger partial charge in [-0.15, -0.1) is 0 Å². The fourth-order valence-corrected chi connectivity index (χ4v) is 2.12. The van der Waals surface area contributed by atoms with E-state index in [0.717, 1.165) is 16.5 Å². The number of nitrogens with one attached hydrogen (secondary N) is 1. The summed E-state index contributed by atoms with van der Waals surface area (Å²) in [6, 6.07) is -0.516. The molecule has 0 unspecified atom stereocenters. The maximum absolute atomic E-state index is 11.0. The first-order valence-electron chi connectivity index (χ1n) is 5.47. The second-order valence-corrected chi connectivity index (χ2v) is 5.39. The van der Waals surface area contributed by atoms with E-state index < -0.39 is 12.0 Å². The van der Waals surface area contributed by atoms with Crippen LogP contribution < -0.4 is 5.32 Å². The largest absolute Gasteiger partial charge is 0.480 e. The zero-order chi connectivity index (χ0) is 13.4. The second-order valence-electron chi connectivity index (χ2n) is 3.63. The number of aliphatic carboxylic acids is 1. The minimum absolute atomic E-state index is 0.472. The van der Waals surface area contributed by atoms with Gasteiger partial charge in [0.25, 0.3) is 0 Å². The van der Waals surface area contributed by atoms with Crippen LogP contribution in [0.5, 0.6) is 0 Å². The molecule has 0 amide bonds. The molecule has 1 aromatic heterocycles. The topological polar surface area (TPSA) is 75.1 Å². The first kappa shape index (κ1) is 15.3. The Morgan fingerprint density at radius 2 is 2.11 bits per heavy atom. The summed E-state index contributed by atoms with van der Waals surface area (Å²) in [6.07, 6.45) is 7.93. The summed E-state index contributed by atoms with van der Waals surface area (Å²) in [5.74, 6) is 0.0111. The maximum Gasteiger partial charge on any atom is 0.320 e. The van der Waals surface area contributed by atoms with Crippen molar-refractivity contribution in [3.05, 3.63) is 18.0 Å². The highest BCUT2D eigenvalue weighted by Gasteiger charge is 2.15. The quantitative estimate of drug-likeness (QED) is 0.554. The molecule has 0 saturated heterocycles. The van der Waals surface area contributed by atoms with Crippen molar-refractivity contribution in [2.24, 2.45) is 0 Å². The minimum Gasteiger partial charge on any atom is -0.480 e. The normalized spacial score (nSPS) is 12.3. The Bertz CT molecular complexity index is 373. The number of aromatic nitrogens is 2. The smallest absolute Gasteiger partial charge is 0.320 e. The van der Waals surface area contributed by atoms with Gasteiger partial charge in [-0.05, 0) is 24.7 Å². The fourth-order valence-electron chi connectivity index (χ4n) is 1.33. The number of thioether (sulfide) groups is 2. The van der Waals surface area contributed by atoms with Crippen LogP contribution in [0.2, 0.25) is 0 Å². The van der Waals surface area contributed by atoms with E-state index in [-0.39, 0.29) is 0 Å². The van der Waals surface area contributed by atoms with Crippen molar-refractivity contribution in [3.63, 3.8) is 0 Å². The highest BCUT2D eigenvalue weighted by molar-refractivity contribution is 7.98. The maximum atomic E-state index is 11.0. The molecule has 1 atom stereocenters.